The summed E-state index contributed by atoms with van der Waals surface area (Å²) in [5.74, 6) is -1.40. The van der Waals surface area contributed by atoms with E-state index >= 15 is 0 Å². The number of thiophene rings is 1. The number of nitrogens with one attached hydrogen (secondary N) is 1. The number of nitrogens with zero attached hydrogens (tertiary/aromatic N) is 2. The summed E-state index contributed by atoms with van der Waals surface area (Å²) in [6.45, 7) is 1.80. The summed E-state index contributed by atoms with van der Waals surface area (Å²) in [6, 6.07) is 15.9. The van der Waals surface area contributed by atoms with Crippen molar-refractivity contribution in [3.05, 3.63) is 70.1 Å². The summed E-state index contributed by atoms with van der Waals surface area (Å²) in [6.07, 6.45) is 1.32. The van der Waals surface area contributed by atoms with Gasteiger partial charge in [0, 0.05) is 6.04 Å². The first kappa shape index (κ1) is 36.6. The standard InChI is InChI=1S/C31H39ClN3O7S2.ClH/c1-35(2,3)17-18-41-26(36)20-42-28-27(32)29(43-30(28)31(37)40-4)23-11-8-12-25(19-23)34(24-13-15-33-16-14-24)44(38,39)21-22-9-6-5-7-10-22;/h5-12,19,24,33H,13-18,20-21H2,1-4H3;1H/q+1;/p-1. The largest absolute Gasteiger partial charge is 1.00 e. The molecule has 4 rings (SSSR count). The van der Waals surface area contributed by atoms with Crippen molar-refractivity contribution in [3.8, 4) is 16.2 Å². The first-order valence-electron chi connectivity index (χ1n) is 14.3. The van der Waals surface area contributed by atoms with E-state index in [0.717, 1.165) is 11.3 Å². The number of benzene rings is 2. The lowest BCUT2D eigenvalue weighted by Crippen LogP contribution is -3.00. The SMILES string of the molecule is COC(=O)c1sc(-c2cccc(N(C3CCNCC3)S(=O)(=O)Cc3ccccc3)c2)c(Cl)c1OCC(=O)OCC[N+](C)(C)C.[Cl-]. The number of anilines is 1. The van der Waals surface area contributed by atoms with Gasteiger partial charge in [-0.1, -0.05) is 54.1 Å². The molecule has 1 aromatic heterocycles. The van der Waals surface area contributed by atoms with Crippen molar-refractivity contribution >= 4 is 50.6 Å². The summed E-state index contributed by atoms with van der Waals surface area (Å²) in [5.41, 5.74) is 1.79. The number of hydrogen-bond acceptors (Lipinski definition) is 9. The first-order valence-corrected chi connectivity index (χ1v) is 17.1. The Morgan fingerprint density at radius 1 is 1.07 bits per heavy atom. The molecule has 14 heteroatoms. The van der Waals surface area contributed by atoms with Crippen LogP contribution in [0.2, 0.25) is 5.02 Å². The van der Waals surface area contributed by atoms with Gasteiger partial charge in [-0.05, 0) is 49.2 Å². The van der Waals surface area contributed by atoms with E-state index in [9.17, 15) is 18.0 Å². The maximum absolute atomic E-state index is 13.9. The van der Waals surface area contributed by atoms with Gasteiger partial charge in [-0.15, -0.1) is 11.3 Å². The summed E-state index contributed by atoms with van der Waals surface area (Å²) < 4.78 is 46.0. The van der Waals surface area contributed by atoms with Gasteiger partial charge in [0.2, 0.25) is 10.0 Å². The number of rotatable bonds is 13. The number of hydrogen-bond donors (Lipinski definition) is 1. The van der Waals surface area contributed by atoms with Crippen molar-refractivity contribution in [2.24, 2.45) is 0 Å². The van der Waals surface area contributed by atoms with Crippen LogP contribution in [0.15, 0.2) is 54.6 Å². The predicted molar refractivity (Wildman–Crippen MR) is 173 cm³/mol. The Bertz CT molecular complexity index is 1550. The van der Waals surface area contributed by atoms with Crippen LogP contribution in [0.25, 0.3) is 10.4 Å². The molecule has 0 amide bonds. The van der Waals surface area contributed by atoms with Gasteiger partial charge in [-0.25, -0.2) is 18.0 Å². The second-order valence-electron chi connectivity index (χ2n) is 11.5. The molecule has 1 N–H and O–H groups in total. The molecule has 0 radical (unpaired) electrons. The highest BCUT2D eigenvalue weighted by Crippen LogP contribution is 2.46. The number of sulfonamides is 1. The molecule has 2 aromatic carbocycles. The minimum atomic E-state index is -3.77. The zero-order chi connectivity index (χ0) is 31.9. The zero-order valence-electron chi connectivity index (χ0n) is 25.8. The molecule has 0 aliphatic carbocycles. The van der Waals surface area contributed by atoms with Crippen LogP contribution >= 0.6 is 22.9 Å². The van der Waals surface area contributed by atoms with Crippen molar-refractivity contribution < 1.29 is 49.1 Å². The quantitative estimate of drug-likeness (QED) is 0.212. The fourth-order valence-electron chi connectivity index (χ4n) is 4.82. The third kappa shape index (κ3) is 9.81. The highest BCUT2D eigenvalue weighted by atomic mass is 35.5. The Morgan fingerprint density at radius 3 is 2.40 bits per heavy atom. The Hall–Kier alpha value is -2.87. The molecule has 1 aliphatic rings. The van der Waals surface area contributed by atoms with Crippen LogP contribution in [0.3, 0.4) is 0 Å². The Balaban J connectivity index is 0.00000552. The highest BCUT2D eigenvalue weighted by molar-refractivity contribution is 7.92. The summed E-state index contributed by atoms with van der Waals surface area (Å²) in [5, 5.41) is 3.42. The first-order chi connectivity index (χ1) is 20.9. The summed E-state index contributed by atoms with van der Waals surface area (Å²) >= 11 is 7.82. The Labute approximate surface area is 280 Å². The van der Waals surface area contributed by atoms with Crippen LogP contribution in [-0.4, -0.2) is 92.0 Å². The van der Waals surface area contributed by atoms with Crippen LogP contribution in [-0.2, 0) is 30.0 Å². The molecule has 246 valence electrons. The smallest absolute Gasteiger partial charge is 0.351 e. The molecule has 3 aromatic rings. The Morgan fingerprint density at radius 2 is 1.76 bits per heavy atom. The van der Waals surface area contributed by atoms with E-state index in [1.54, 1.807) is 36.4 Å². The van der Waals surface area contributed by atoms with E-state index in [0.29, 0.717) is 58.7 Å². The van der Waals surface area contributed by atoms with E-state index in [-0.39, 0.29) is 46.5 Å². The molecule has 1 aliphatic heterocycles. The van der Waals surface area contributed by atoms with Crippen molar-refractivity contribution in [3.63, 3.8) is 0 Å². The van der Waals surface area contributed by atoms with Crippen molar-refractivity contribution in [2.75, 3.05) is 65.4 Å². The van der Waals surface area contributed by atoms with Gasteiger partial charge in [-0.2, -0.15) is 0 Å². The lowest BCUT2D eigenvalue weighted by molar-refractivity contribution is -0.870. The highest BCUT2D eigenvalue weighted by Gasteiger charge is 2.32. The van der Waals surface area contributed by atoms with Crippen LogP contribution in [0.1, 0.15) is 28.1 Å². The van der Waals surface area contributed by atoms with Gasteiger partial charge >= 0.3 is 11.9 Å². The number of piperidine rings is 1. The number of halogens is 2. The molecular formula is C31H39Cl2N3O7S2. The van der Waals surface area contributed by atoms with Gasteiger partial charge in [0.1, 0.15) is 18.2 Å². The molecule has 45 heavy (non-hydrogen) atoms. The normalized spacial score (nSPS) is 13.9. The molecule has 1 fully saturated rings. The third-order valence-electron chi connectivity index (χ3n) is 7.03. The maximum Gasteiger partial charge on any atom is 0.351 e. The van der Waals surface area contributed by atoms with Gasteiger partial charge in [0.15, 0.2) is 17.2 Å². The van der Waals surface area contributed by atoms with Crippen LogP contribution in [0.5, 0.6) is 5.75 Å². The van der Waals surface area contributed by atoms with E-state index < -0.39 is 28.6 Å². The van der Waals surface area contributed by atoms with Crippen molar-refractivity contribution in [1.82, 2.24) is 5.32 Å². The Kier molecular flexibility index (Phi) is 13.1. The number of quaternary nitrogens is 1. The maximum atomic E-state index is 13.9. The second kappa shape index (κ2) is 16.1. The number of carbonyl (C=O) groups excluding carboxylic acids is 2. The monoisotopic (exact) mass is 699 g/mol. The number of methoxy groups -OCH3 is 1. The number of ether oxygens (including phenoxy) is 3. The zero-order valence-corrected chi connectivity index (χ0v) is 28.9. The molecule has 0 atom stereocenters. The minimum Gasteiger partial charge on any atom is -1.00 e. The summed E-state index contributed by atoms with van der Waals surface area (Å²) in [4.78, 5) is 25.6. The molecule has 1 saturated heterocycles. The molecule has 0 unspecified atom stereocenters. The molecule has 0 bridgehead atoms. The van der Waals surface area contributed by atoms with Crippen molar-refractivity contribution in [2.45, 2.75) is 24.6 Å². The van der Waals surface area contributed by atoms with Crippen molar-refractivity contribution in [1.29, 1.82) is 0 Å². The predicted octanol–water partition coefficient (Wildman–Crippen LogP) is 1.58. The lowest BCUT2D eigenvalue weighted by atomic mass is 10.1. The van der Waals surface area contributed by atoms with E-state index in [1.807, 2.05) is 39.3 Å². The average molecular weight is 701 g/mol. The van der Waals surface area contributed by atoms with Gasteiger partial charge in [-0.3, -0.25) is 4.31 Å². The number of carbonyl (C=O) groups is 2. The van der Waals surface area contributed by atoms with Crippen LogP contribution < -0.4 is 26.8 Å². The molecular weight excluding hydrogens is 661 g/mol. The fraction of sp³-hybridized carbons (Fsp3) is 0.419. The number of esters is 2. The van der Waals surface area contributed by atoms with E-state index in [2.05, 4.69) is 5.32 Å². The fourth-order valence-corrected chi connectivity index (χ4v) is 8.16. The number of likely N-dealkylation sites (N-methyl/N-ethyl adjacent to an activating group) is 1. The van der Waals surface area contributed by atoms with E-state index in [4.69, 9.17) is 25.8 Å². The molecule has 0 spiro atoms. The van der Waals surface area contributed by atoms with Crippen LogP contribution in [0.4, 0.5) is 5.69 Å². The molecule has 10 nitrogen and oxygen atoms in total. The summed E-state index contributed by atoms with van der Waals surface area (Å²) in [7, 11) is 3.43. The molecule has 0 saturated carbocycles. The minimum absolute atomic E-state index is 0. The third-order valence-corrected chi connectivity index (χ3v) is 10.5. The molecule has 2 heterocycles. The second-order valence-corrected chi connectivity index (χ2v) is 14.7. The average Bonchev–Trinajstić information content (AvgIpc) is 3.31. The van der Waals surface area contributed by atoms with Gasteiger partial charge in [0.05, 0.1) is 44.6 Å². The van der Waals surface area contributed by atoms with E-state index in [1.165, 1.54) is 11.4 Å². The van der Waals surface area contributed by atoms with Gasteiger partial charge in [0.25, 0.3) is 0 Å². The topological polar surface area (TPSA) is 111 Å². The van der Waals surface area contributed by atoms with Gasteiger partial charge < -0.3 is 36.4 Å². The van der Waals surface area contributed by atoms with Crippen LogP contribution in [0, 0.1) is 0 Å². The lowest BCUT2D eigenvalue weighted by Gasteiger charge is -2.35.